The summed E-state index contributed by atoms with van der Waals surface area (Å²) >= 11 is 0. The van der Waals surface area contributed by atoms with Crippen LogP contribution in [0.15, 0.2) is 12.1 Å². The first kappa shape index (κ1) is 24.2. The second-order valence-corrected chi connectivity index (χ2v) is 11.0. The maximum Gasteiger partial charge on any atom is 0.235 e. The lowest BCUT2D eigenvalue weighted by Crippen LogP contribution is -2.74. The number of nitrogens with zero attached hydrogens (tertiary/aromatic N) is 1. The molecule has 4 N–H and O–H groups in total. The molecule has 182 valence electrons. The Morgan fingerprint density at radius 3 is 2.26 bits per heavy atom. The number of phenols is 1. The van der Waals surface area contributed by atoms with E-state index in [1.807, 2.05) is 20.8 Å². The fraction of sp³-hybridized carbons (Fsp3) is 0.560. The molecule has 0 aromatic heterocycles. The molecular formula is C25H30N2O7. The zero-order valence-electron chi connectivity index (χ0n) is 19.9. The molecule has 1 aromatic carbocycles. The number of amides is 1. The summed E-state index contributed by atoms with van der Waals surface area (Å²) in [7, 11) is 3.11. The van der Waals surface area contributed by atoms with Crippen molar-refractivity contribution in [3.05, 3.63) is 28.8 Å². The first-order valence-corrected chi connectivity index (χ1v) is 11.3. The van der Waals surface area contributed by atoms with Gasteiger partial charge in [0.15, 0.2) is 34.7 Å². The van der Waals surface area contributed by atoms with Crippen molar-refractivity contribution in [2.75, 3.05) is 14.1 Å². The predicted molar refractivity (Wildman–Crippen MR) is 120 cm³/mol. The molecule has 9 heteroatoms. The van der Waals surface area contributed by atoms with Crippen molar-refractivity contribution in [1.29, 1.82) is 0 Å². The number of carbonyl (C=O) groups is 5. The van der Waals surface area contributed by atoms with Crippen molar-refractivity contribution in [1.82, 2.24) is 4.90 Å². The molecule has 2 fully saturated rings. The third-order valence-electron chi connectivity index (χ3n) is 7.74. The minimum absolute atomic E-state index is 0.0269. The normalized spacial score (nSPS) is 33.4. The summed E-state index contributed by atoms with van der Waals surface area (Å²) in [5, 5.41) is 22.5. The zero-order valence-corrected chi connectivity index (χ0v) is 19.9. The molecule has 3 aliphatic carbocycles. The molecule has 0 aliphatic heterocycles. The second-order valence-electron chi connectivity index (χ2n) is 11.0. The van der Waals surface area contributed by atoms with Crippen LogP contribution in [0.25, 0.3) is 0 Å². The van der Waals surface area contributed by atoms with E-state index in [-0.39, 0.29) is 24.2 Å². The number of Topliss-reactive ketones (excluding diaryl/α,β-unsaturated/α-hetero) is 4. The highest BCUT2D eigenvalue weighted by Gasteiger charge is 2.69. The van der Waals surface area contributed by atoms with Crippen LogP contribution < -0.4 is 5.73 Å². The van der Waals surface area contributed by atoms with E-state index in [9.17, 15) is 34.2 Å². The number of fused-ring (bicyclic) bond motifs is 3. The van der Waals surface area contributed by atoms with Gasteiger partial charge >= 0.3 is 0 Å². The van der Waals surface area contributed by atoms with Gasteiger partial charge in [0.2, 0.25) is 5.91 Å². The number of hydrogen-bond donors (Lipinski definition) is 3. The van der Waals surface area contributed by atoms with E-state index in [0.717, 1.165) is 0 Å². The summed E-state index contributed by atoms with van der Waals surface area (Å²) in [5.41, 5.74) is 3.30. The molecule has 0 spiro atoms. The monoisotopic (exact) mass is 470 g/mol. The Hall–Kier alpha value is -2.91. The summed E-state index contributed by atoms with van der Waals surface area (Å²) in [6.45, 7) is 5.64. The van der Waals surface area contributed by atoms with Crippen LogP contribution in [0.5, 0.6) is 5.75 Å². The van der Waals surface area contributed by atoms with E-state index in [1.165, 1.54) is 4.90 Å². The van der Waals surface area contributed by atoms with Gasteiger partial charge in [-0.15, -0.1) is 0 Å². The van der Waals surface area contributed by atoms with E-state index in [1.54, 1.807) is 26.2 Å². The van der Waals surface area contributed by atoms with Crippen molar-refractivity contribution in [3.63, 3.8) is 0 Å². The lowest BCUT2D eigenvalue weighted by atomic mass is 9.52. The van der Waals surface area contributed by atoms with E-state index >= 15 is 0 Å². The quantitative estimate of drug-likeness (QED) is 0.517. The lowest BCUT2D eigenvalue weighted by Gasteiger charge is -2.52. The van der Waals surface area contributed by atoms with Gasteiger partial charge in [0.1, 0.15) is 5.75 Å². The fourth-order valence-electron chi connectivity index (χ4n) is 6.19. The molecule has 2 saturated carbocycles. The average molecular weight is 471 g/mol. The summed E-state index contributed by atoms with van der Waals surface area (Å²) < 4.78 is 0. The number of primary amides is 1. The van der Waals surface area contributed by atoms with Crippen molar-refractivity contribution >= 4 is 29.0 Å². The Morgan fingerprint density at radius 2 is 1.74 bits per heavy atom. The van der Waals surface area contributed by atoms with Crippen molar-refractivity contribution in [2.45, 2.75) is 50.7 Å². The standard InChI is InChI=1S/C25H30N2O7/c1-24(2,3)12-7-6-10-8-11-9-13-17(27(4)5)20(30)16(23(26)33)22(32)25(13,34)21(31)15(11)19(29)14(10)18(12)28/h6-7,11,13,15-17,28,34H,8-9H2,1-5H3,(H2,26,33)/t11-,13-,15?,16?,17-,25-/m0/s1. The second kappa shape index (κ2) is 7.55. The molecule has 3 aliphatic rings. The minimum Gasteiger partial charge on any atom is -0.507 e. The molecule has 4 rings (SSSR count). The third kappa shape index (κ3) is 3.10. The van der Waals surface area contributed by atoms with E-state index in [4.69, 9.17) is 5.73 Å². The Kier molecular flexibility index (Phi) is 5.38. The number of phenolic OH excluding ortho intramolecular Hbond substituents is 1. The molecule has 0 radical (unpaired) electrons. The number of nitrogens with two attached hydrogens (primary N) is 1. The van der Waals surface area contributed by atoms with Crippen LogP contribution in [0.1, 0.15) is 48.7 Å². The summed E-state index contributed by atoms with van der Waals surface area (Å²) in [6, 6.07) is 2.42. The van der Waals surface area contributed by atoms with E-state index in [0.29, 0.717) is 11.1 Å². The Bertz CT molecular complexity index is 1150. The van der Waals surface area contributed by atoms with Crippen molar-refractivity contribution in [3.8, 4) is 5.75 Å². The minimum atomic E-state index is -2.70. The van der Waals surface area contributed by atoms with Gasteiger partial charge in [-0.05, 0) is 49.4 Å². The van der Waals surface area contributed by atoms with Crippen LogP contribution in [-0.4, -0.2) is 69.9 Å². The molecule has 0 heterocycles. The number of carbonyl (C=O) groups excluding carboxylic acids is 5. The summed E-state index contributed by atoms with van der Waals surface area (Å²) in [4.78, 5) is 67.0. The molecule has 0 saturated heterocycles. The number of benzene rings is 1. The molecule has 2 unspecified atom stereocenters. The molecular weight excluding hydrogens is 440 g/mol. The van der Waals surface area contributed by atoms with Gasteiger partial charge in [0.25, 0.3) is 0 Å². The Labute approximate surface area is 197 Å². The van der Waals surface area contributed by atoms with Crippen LogP contribution in [0.3, 0.4) is 0 Å². The van der Waals surface area contributed by atoms with Crippen LogP contribution in [0, 0.1) is 23.7 Å². The number of hydrogen-bond acceptors (Lipinski definition) is 8. The van der Waals surface area contributed by atoms with Crippen LogP contribution in [-0.2, 0) is 31.0 Å². The predicted octanol–water partition coefficient (Wildman–Crippen LogP) is 0.165. The van der Waals surface area contributed by atoms with Crippen molar-refractivity contribution in [2.24, 2.45) is 29.4 Å². The maximum atomic E-state index is 13.7. The summed E-state index contributed by atoms with van der Waals surface area (Å²) in [5.74, 6) is -10.2. The average Bonchev–Trinajstić information content (AvgIpc) is 2.69. The number of ketones is 4. The van der Waals surface area contributed by atoms with Gasteiger partial charge < -0.3 is 15.9 Å². The third-order valence-corrected chi connectivity index (χ3v) is 7.74. The topological polar surface area (TPSA) is 155 Å². The molecule has 1 amide bonds. The van der Waals surface area contributed by atoms with Gasteiger partial charge in [-0.2, -0.15) is 0 Å². The number of aromatic hydroxyl groups is 1. The van der Waals surface area contributed by atoms with Gasteiger partial charge in [-0.25, -0.2) is 0 Å². The number of likely N-dealkylation sites (N-methyl/N-ethyl adjacent to an activating group) is 1. The lowest BCUT2D eigenvalue weighted by molar-refractivity contribution is -0.181. The van der Waals surface area contributed by atoms with Gasteiger partial charge in [0, 0.05) is 5.92 Å². The van der Waals surface area contributed by atoms with Crippen LogP contribution in [0.4, 0.5) is 0 Å². The first-order valence-electron chi connectivity index (χ1n) is 11.3. The highest BCUT2D eigenvalue weighted by molar-refractivity contribution is 6.32. The SMILES string of the molecule is CN(C)[C@@H]1C(=O)C(C(N)=O)C(=O)[C@@]2(O)C(=O)C3C(=O)c4c(ccc(C(C)(C)C)c4O)C[C@H]3C[C@@H]12. The van der Waals surface area contributed by atoms with E-state index in [2.05, 4.69) is 0 Å². The molecule has 9 nitrogen and oxygen atoms in total. The molecule has 1 aromatic rings. The summed E-state index contributed by atoms with van der Waals surface area (Å²) in [6.07, 6.45) is 0.315. The van der Waals surface area contributed by atoms with E-state index < -0.39 is 69.8 Å². The first-order chi connectivity index (χ1) is 15.6. The highest BCUT2D eigenvalue weighted by Crippen LogP contribution is 2.51. The number of rotatable bonds is 2. The largest absolute Gasteiger partial charge is 0.507 e. The van der Waals surface area contributed by atoms with Crippen molar-refractivity contribution < 1.29 is 34.2 Å². The van der Waals surface area contributed by atoms with Crippen LogP contribution in [0.2, 0.25) is 0 Å². The molecule has 34 heavy (non-hydrogen) atoms. The smallest absolute Gasteiger partial charge is 0.235 e. The van der Waals surface area contributed by atoms with Gasteiger partial charge in [-0.3, -0.25) is 28.9 Å². The van der Waals surface area contributed by atoms with Crippen LogP contribution >= 0.6 is 0 Å². The molecule has 6 atom stereocenters. The maximum absolute atomic E-state index is 13.7. The molecule has 0 bridgehead atoms. The van der Waals surface area contributed by atoms with Gasteiger partial charge in [-0.1, -0.05) is 32.9 Å². The Balaban J connectivity index is 1.87. The number of aliphatic hydroxyl groups is 1. The Morgan fingerprint density at radius 1 is 1.12 bits per heavy atom. The fourth-order valence-corrected chi connectivity index (χ4v) is 6.19. The van der Waals surface area contributed by atoms with Gasteiger partial charge in [0.05, 0.1) is 17.5 Å². The highest BCUT2D eigenvalue weighted by atomic mass is 16.3. The zero-order chi connectivity index (χ0) is 25.5.